The third-order valence-electron chi connectivity index (χ3n) is 4.31. The first-order valence-electron chi connectivity index (χ1n) is 9.31. The lowest BCUT2D eigenvalue weighted by molar-refractivity contribution is -0.385. The lowest BCUT2D eigenvalue weighted by atomic mass is 10.2. The van der Waals surface area contributed by atoms with E-state index in [2.05, 4.69) is 0 Å². The van der Waals surface area contributed by atoms with Crippen LogP contribution in [0, 0.1) is 10.1 Å². The Hall–Kier alpha value is -3.33. The average molecular weight is 428 g/mol. The number of nitro benzene ring substituents is 1. The summed E-state index contributed by atoms with van der Waals surface area (Å²) in [7, 11) is 0. The summed E-state index contributed by atoms with van der Waals surface area (Å²) < 4.78 is 12.0. The van der Waals surface area contributed by atoms with Crippen molar-refractivity contribution in [3.05, 3.63) is 75.6 Å². The van der Waals surface area contributed by atoms with Gasteiger partial charge in [-0.25, -0.2) is 9.59 Å². The number of pyridine rings is 1. The molecule has 0 spiro atoms. The highest BCUT2D eigenvalue weighted by atomic mass is 32.2. The quantitative estimate of drug-likeness (QED) is 0.225. The monoisotopic (exact) mass is 428 g/mol. The Bertz CT molecular complexity index is 1050. The fraction of sp³-hybridized carbons (Fsp3) is 0.238. The van der Waals surface area contributed by atoms with Gasteiger partial charge in [-0.1, -0.05) is 24.3 Å². The number of benzene rings is 1. The van der Waals surface area contributed by atoms with Crippen LogP contribution in [-0.2, 0) is 15.2 Å². The topological polar surface area (TPSA) is 100 Å². The first-order chi connectivity index (χ1) is 14.5. The van der Waals surface area contributed by atoms with E-state index in [1.54, 1.807) is 60.8 Å². The number of carbonyl (C=O) groups excluding carboxylic acids is 2. The molecule has 2 heterocycles. The average Bonchev–Trinajstić information content (AvgIpc) is 3.07. The molecule has 156 valence electrons. The number of thioether (sulfide) groups is 1. The number of aromatic nitrogens is 1. The van der Waals surface area contributed by atoms with Crippen LogP contribution >= 0.6 is 11.8 Å². The van der Waals surface area contributed by atoms with E-state index < -0.39 is 16.9 Å². The smallest absolute Gasteiger partial charge is 0.356 e. The second-order valence-electron chi connectivity index (χ2n) is 6.12. The molecule has 30 heavy (non-hydrogen) atoms. The number of ether oxygens (including phenoxy) is 2. The van der Waals surface area contributed by atoms with Crippen LogP contribution in [-0.4, -0.2) is 34.5 Å². The van der Waals surface area contributed by atoms with Crippen LogP contribution in [0.2, 0.25) is 0 Å². The van der Waals surface area contributed by atoms with Crippen molar-refractivity contribution in [2.45, 2.75) is 24.5 Å². The summed E-state index contributed by atoms with van der Waals surface area (Å²) >= 11 is 1.17. The van der Waals surface area contributed by atoms with Crippen molar-refractivity contribution in [2.75, 3.05) is 13.2 Å². The van der Waals surface area contributed by atoms with Gasteiger partial charge in [-0.15, -0.1) is 11.8 Å². The SMILES string of the molecule is CCOC(=O)c1c(SCc2ccccc2[N+](=O)[O-])c(C(=O)OCC)n2ccccc12. The highest BCUT2D eigenvalue weighted by molar-refractivity contribution is 7.98. The highest BCUT2D eigenvalue weighted by Gasteiger charge is 2.29. The second-order valence-corrected chi connectivity index (χ2v) is 7.11. The summed E-state index contributed by atoms with van der Waals surface area (Å²) in [4.78, 5) is 36.8. The lowest BCUT2D eigenvalue weighted by Gasteiger charge is -2.08. The van der Waals surface area contributed by atoms with E-state index in [-0.39, 0.29) is 35.9 Å². The van der Waals surface area contributed by atoms with E-state index in [4.69, 9.17) is 9.47 Å². The molecule has 0 saturated heterocycles. The maximum atomic E-state index is 12.8. The van der Waals surface area contributed by atoms with E-state index in [1.807, 2.05) is 0 Å². The zero-order valence-corrected chi connectivity index (χ0v) is 17.3. The zero-order valence-electron chi connectivity index (χ0n) is 16.5. The Labute approximate surface area is 176 Å². The van der Waals surface area contributed by atoms with Crippen LogP contribution in [0.3, 0.4) is 0 Å². The van der Waals surface area contributed by atoms with Crippen LogP contribution in [0.15, 0.2) is 53.6 Å². The van der Waals surface area contributed by atoms with Gasteiger partial charge >= 0.3 is 11.9 Å². The Kier molecular flexibility index (Phi) is 6.73. The van der Waals surface area contributed by atoms with Gasteiger partial charge in [-0.05, 0) is 26.0 Å². The number of fused-ring (bicyclic) bond motifs is 1. The van der Waals surface area contributed by atoms with E-state index in [0.717, 1.165) is 0 Å². The lowest BCUT2D eigenvalue weighted by Crippen LogP contribution is -2.10. The second kappa shape index (κ2) is 9.45. The van der Waals surface area contributed by atoms with Crippen molar-refractivity contribution in [3.63, 3.8) is 0 Å². The predicted molar refractivity (Wildman–Crippen MR) is 112 cm³/mol. The Morgan fingerprint density at radius 1 is 1.03 bits per heavy atom. The molecule has 0 saturated carbocycles. The molecule has 0 N–H and O–H groups in total. The van der Waals surface area contributed by atoms with Crippen LogP contribution in [0.1, 0.15) is 40.3 Å². The third-order valence-corrected chi connectivity index (χ3v) is 5.45. The van der Waals surface area contributed by atoms with Gasteiger partial charge in [0.15, 0.2) is 0 Å². The molecule has 8 nitrogen and oxygen atoms in total. The van der Waals surface area contributed by atoms with Gasteiger partial charge < -0.3 is 13.9 Å². The first-order valence-corrected chi connectivity index (χ1v) is 10.3. The van der Waals surface area contributed by atoms with E-state index in [9.17, 15) is 19.7 Å². The molecular weight excluding hydrogens is 408 g/mol. The van der Waals surface area contributed by atoms with Crippen molar-refractivity contribution in [3.8, 4) is 0 Å². The Morgan fingerprint density at radius 2 is 1.70 bits per heavy atom. The third kappa shape index (κ3) is 4.16. The molecule has 0 aliphatic carbocycles. The molecule has 0 aliphatic heterocycles. The fourth-order valence-electron chi connectivity index (χ4n) is 3.08. The highest BCUT2D eigenvalue weighted by Crippen LogP contribution is 2.37. The number of hydrogen-bond acceptors (Lipinski definition) is 7. The van der Waals surface area contributed by atoms with Gasteiger partial charge in [0.05, 0.1) is 34.1 Å². The summed E-state index contributed by atoms with van der Waals surface area (Å²) in [5.41, 5.74) is 1.39. The molecule has 0 radical (unpaired) electrons. The van der Waals surface area contributed by atoms with Gasteiger partial charge in [0.1, 0.15) is 5.69 Å². The summed E-state index contributed by atoms with van der Waals surface area (Å²) in [5, 5.41) is 11.3. The van der Waals surface area contributed by atoms with Crippen LogP contribution in [0.25, 0.3) is 5.52 Å². The van der Waals surface area contributed by atoms with Gasteiger partial charge in [-0.2, -0.15) is 0 Å². The van der Waals surface area contributed by atoms with E-state index >= 15 is 0 Å². The number of rotatable bonds is 8. The number of nitrogens with zero attached hydrogens (tertiary/aromatic N) is 2. The van der Waals surface area contributed by atoms with E-state index in [0.29, 0.717) is 16.0 Å². The molecule has 0 atom stereocenters. The van der Waals surface area contributed by atoms with Crippen molar-refractivity contribution < 1.29 is 24.0 Å². The minimum absolute atomic E-state index is 0.0240. The molecule has 0 amide bonds. The normalized spacial score (nSPS) is 10.7. The number of carbonyl (C=O) groups is 2. The molecule has 3 aromatic rings. The summed E-state index contributed by atoms with van der Waals surface area (Å²) in [6.07, 6.45) is 1.67. The number of nitro groups is 1. The van der Waals surface area contributed by atoms with Gasteiger partial charge in [0.2, 0.25) is 0 Å². The fourth-order valence-corrected chi connectivity index (χ4v) is 4.27. The Balaban J connectivity index is 2.15. The van der Waals surface area contributed by atoms with Crippen molar-refractivity contribution in [1.82, 2.24) is 4.40 Å². The largest absolute Gasteiger partial charge is 0.462 e. The number of para-hydroxylation sites is 1. The Morgan fingerprint density at radius 3 is 2.40 bits per heavy atom. The standard InChI is InChI=1S/C21H20N2O6S/c1-3-28-20(24)17-16-11-7-8-12-22(16)18(21(25)29-4-2)19(17)30-13-14-9-5-6-10-15(14)23(26)27/h5-12H,3-4,13H2,1-2H3. The van der Waals surface area contributed by atoms with Crippen LogP contribution < -0.4 is 0 Å². The van der Waals surface area contributed by atoms with E-state index in [1.165, 1.54) is 17.8 Å². The minimum Gasteiger partial charge on any atom is -0.462 e. The summed E-state index contributed by atoms with van der Waals surface area (Å²) in [6.45, 7) is 3.73. The molecule has 0 aliphatic rings. The molecule has 0 unspecified atom stereocenters. The van der Waals surface area contributed by atoms with Crippen molar-refractivity contribution in [2.24, 2.45) is 0 Å². The van der Waals surface area contributed by atoms with Gasteiger partial charge in [-0.3, -0.25) is 10.1 Å². The first kappa shape index (κ1) is 21.4. The van der Waals surface area contributed by atoms with Crippen molar-refractivity contribution in [1.29, 1.82) is 0 Å². The van der Waals surface area contributed by atoms with Crippen LogP contribution in [0.5, 0.6) is 0 Å². The predicted octanol–water partition coefficient (Wildman–Crippen LogP) is 4.49. The molecule has 0 bridgehead atoms. The molecule has 2 aromatic heterocycles. The summed E-state index contributed by atoms with van der Waals surface area (Å²) in [5.74, 6) is -0.964. The van der Waals surface area contributed by atoms with Gasteiger partial charge in [0, 0.05) is 23.6 Å². The van der Waals surface area contributed by atoms with Crippen LogP contribution in [0.4, 0.5) is 5.69 Å². The maximum Gasteiger partial charge on any atom is 0.356 e. The molecule has 0 fully saturated rings. The van der Waals surface area contributed by atoms with Crippen molar-refractivity contribution >= 4 is 34.9 Å². The number of hydrogen-bond donors (Lipinski definition) is 0. The minimum atomic E-state index is -0.584. The summed E-state index contributed by atoms with van der Waals surface area (Å²) in [6, 6.07) is 11.6. The van der Waals surface area contributed by atoms with Gasteiger partial charge in [0.25, 0.3) is 5.69 Å². The molecular formula is C21H20N2O6S. The molecule has 9 heteroatoms. The maximum absolute atomic E-state index is 12.8. The molecule has 3 rings (SSSR count). The zero-order chi connectivity index (χ0) is 21.7. The molecule has 1 aromatic carbocycles. The number of esters is 2.